The first-order valence-electron chi connectivity index (χ1n) is 5.78. The first-order valence-corrected chi connectivity index (χ1v) is 6.66. The van der Waals surface area contributed by atoms with Gasteiger partial charge in [0.15, 0.2) is 0 Å². The highest BCUT2D eigenvalue weighted by Crippen LogP contribution is 2.24. The highest BCUT2D eigenvalue weighted by molar-refractivity contribution is 7.10. The first kappa shape index (κ1) is 12.6. The van der Waals surface area contributed by atoms with Crippen LogP contribution in [0.4, 0.5) is 0 Å². The smallest absolute Gasteiger partial charge is 0.130 e. The fourth-order valence-electron chi connectivity index (χ4n) is 1.36. The molecule has 0 bridgehead atoms. The highest BCUT2D eigenvalue weighted by atomic mass is 32.1. The van der Waals surface area contributed by atoms with Crippen molar-refractivity contribution in [3.05, 3.63) is 16.3 Å². The number of rotatable bonds is 6. The maximum atomic E-state index is 5.69. The van der Waals surface area contributed by atoms with Crippen LogP contribution in [-0.2, 0) is 6.42 Å². The number of hydrogen-bond acceptors (Lipinski definition) is 2. The van der Waals surface area contributed by atoms with Crippen LogP contribution in [0.25, 0.3) is 0 Å². The molecule has 1 heterocycles. The van der Waals surface area contributed by atoms with Crippen molar-refractivity contribution in [3.63, 3.8) is 0 Å². The van der Waals surface area contributed by atoms with E-state index in [9.17, 15) is 0 Å². The zero-order chi connectivity index (χ0) is 11.3. The van der Waals surface area contributed by atoms with Crippen molar-refractivity contribution in [3.8, 4) is 5.75 Å². The maximum Gasteiger partial charge on any atom is 0.130 e. The second-order valence-electron chi connectivity index (χ2n) is 4.88. The van der Waals surface area contributed by atoms with E-state index in [0.29, 0.717) is 0 Å². The molecule has 15 heavy (non-hydrogen) atoms. The lowest BCUT2D eigenvalue weighted by Gasteiger charge is -2.05. The summed E-state index contributed by atoms with van der Waals surface area (Å²) in [6.45, 7) is 9.79. The van der Waals surface area contributed by atoms with Gasteiger partial charge < -0.3 is 4.74 Å². The van der Waals surface area contributed by atoms with Crippen molar-refractivity contribution in [1.29, 1.82) is 0 Å². The molecule has 0 fully saturated rings. The lowest BCUT2D eigenvalue weighted by atomic mass is 10.1. The zero-order valence-corrected chi connectivity index (χ0v) is 11.1. The van der Waals surface area contributed by atoms with E-state index in [1.807, 2.05) is 11.3 Å². The van der Waals surface area contributed by atoms with Crippen molar-refractivity contribution < 1.29 is 4.74 Å². The number of ether oxygens (including phenoxy) is 1. The van der Waals surface area contributed by atoms with E-state index in [4.69, 9.17) is 4.74 Å². The van der Waals surface area contributed by atoms with E-state index in [1.165, 1.54) is 4.88 Å². The molecule has 0 aromatic carbocycles. The van der Waals surface area contributed by atoms with Crippen LogP contribution in [0.2, 0.25) is 0 Å². The van der Waals surface area contributed by atoms with Crippen molar-refractivity contribution in [2.75, 3.05) is 6.61 Å². The first-order chi connectivity index (χ1) is 7.08. The summed E-state index contributed by atoms with van der Waals surface area (Å²) in [6.07, 6.45) is 2.30. The molecule has 1 nitrogen and oxygen atoms in total. The summed E-state index contributed by atoms with van der Waals surface area (Å²) in [6, 6.07) is 2.19. The van der Waals surface area contributed by atoms with Crippen molar-refractivity contribution in [2.24, 2.45) is 11.8 Å². The molecule has 0 amide bonds. The second-order valence-corrected chi connectivity index (χ2v) is 5.87. The molecular weight excluding hydrogens is 204 g/mol. The van der Waals surface area contributed by atoms with E-state index in [-0.39, 0.29) is 0 Å². The summed E-state index contributed by atoms with van der Waals surface area (Å²) >= 11 is 1.81. The van der Waals surface area contributed by atoms with Crippen LogP contribution < -0.4 is 4.74 Å². The van der Waals surface area contributed by atoms with Crippen LogP contribution in [0.5, 0.6) is 5.75 Å². The topological polar surface area (TPSA) is 9.23 Å². The van der Waals surface area contributed by atoms with Gasteiger partial charge in [-0.05, 0) is 30.7 Å². The normalized spacial score (nSPS) is 11.3. The number of thiophene rings is 1. The van der Waals surface area contributed by atoms with Gasteiger partial charge in [-0.25, -0.2) is 0 Å². The summed E-state index contributed by atoms with van der Waals surface area (Å²) in [5.74, 6) is 2.50. The van der Waals surface area contributed by atoms with E-state index in [0.717, 1.165) is 37.0 Å². The fourth-order valence-corrected chi connectivity index (χ4v) is 2.38. The van der Waals surface area contributed by atoms with Crippen LogP contribution in [0.1, 0.15) is 39.0 Å². The third kappa shape index (κ3) is 5.22. The van der Waals surface area contributed by atoms with E-state index in [2.05, 4.69) is 39.1 Å². The quantitative estimate of drug-likeness (QED) is 0.700. The Labute approximate surface area is 97.5 Å². The summed E-state index contributed by atoms with van der Waals surface area (Å²) < 4.78 is 5.69. The Morgan fingerprint density at radius 3 is 2.53 bits per heavy atom. The number of hydrogen-bond donors (Lipinski definition) is 0. The minimum atomic E-state index is 0.721. The summed E-state index contributed by atoms with van der Waals surface area (Å²) in [7, 11) is 0. The average molecular weight is 226 g/mol. The third-order valence-electron chi connectivity index (χ3n) is 2.20. The molecule has 1 rings (SSSR count). The molecule has 0 saturated heterocycles. The Morgan fingerprint density at radius 1 is 1.20 bits per heavy atom. The van der Waals surface area contributed by atoms with Gasteiger partial charge in [-0.3, -0.25) is 0 Å². The molecule has 0 saturated carbocycles. The zero-order valence-electron chi connectivity index (χ0n) is 10.2. The molecule has 1 aromatic heterocycles. The van der Waals surface area contributed by atoms with Crippen LogP contribution in [0.15, 0.2) is 11.4 Å². The van der Waals surface area contributed by atoms with E-state index >= 15 is 0 Å². The Bertz CT molecular complexity index is 276. The lowest BCUT2D eigenvalue weighted by Crippen LogP contribution is -2.00. The van der Waals surface area contributed by atoms with Gasteiger partial charge in [-0.1, -0.05) is 27.7 Å². The Hall–Kier alpha value is -0.500. The van der Waals surface area contributed by atoms with Gasteiger partial charge in [-0.2, -0.15) is 0 Å². The average Bonchev–Trinajstić information content (AvgIpc) is 2.50. The molecule has 0 aliphatic carbocycles. The molecule has 0 radical (unpaired) electrons. The molecular formula is C13H22OS. The van der Waals surface area contributed by atoms with Gasteiger partial charge in [0.2, 0.25) is 0 Å². The fraction of sp³-hybridized carbons (Fsp3) is 0.692. The predicted octanol–water partition coefficient (Wildman–Crippen LogP) is 4.37. The van der Waals surface area contributed by atoms with Crippen LogP contribution in [0.3, 0.4) is 0 Å². The van der Waals surface area contributed by atoms with Crippen LogP contribution in [-0.4, -0.2) is 6.61 Å². The molecule has 0 N–H and O–H groups in total. The van der Waals surface area contributed by atoms with Crippen molar-refractivity contribution >= 4 is 11.3 Å². The Morgan fingerprint density at radius 2 is 1.93 bits per heavy atom. The maximum absolute atomic E-state index is 5.69. The molecule has 0 spiro atoms. The van der Waals surface area contributed by atoms with Gasteiger partial charge in [-0.15, -0.1) is 11.3 Å². The lowest BCUT2D eigenvalue weighted by molar-refractivity contribution is 0.290. The summed E-state index contributed by atoms with van der Waals surface area (Å²) in [4.78, 5) is 1.43. The summed E-state index contributed by atoms with van der Waals surface area (Å²) in [5, 5.41) is 2.12. The van der Waals surface area contributed by atoms with Crippen LogP contribution in [0, 0.1) is 11.8 Å². The standard InChI is InChI=1S/C13H22OS/c1-10(2)5-6-14-12-8-13(15-9-12)7-11(3)4/h8-11H,5-7H2,1-4H3. The van der Waals surface area contributed by atoms with Gasteiger partial charge in [0.05, 0.1) is 6.61 Å². The summed E-state index contributed by atoms with van der Waals surface area (Å²) in [5.41, 5.74) is 0. The highest BCUT2D eigenvalue weighted by Gasteiger charge is 2.03. The molecule has 0 unspecified atom stereocenters. The molecule has 0 atom stereocenters. The van der Waals surface area contributed by atoms with Gasteiger partial charge >= 0.3 is 0 Å². The van der Waals surface area contributed by atoms with Crippen molar-refractivity contribution in [2.45, 2.75) is 40.5 Å². The Balaban J connectivity index is 2.33. The molecule has 0 aliphatic heterocycles. The molecule has 2 heteroatoms. The largest absolute Gasteiger partial charge is 0.493 e. The van der Waals surface area contributed by atoms with Gasteiger partial charge in [0, 0.05) is 10.3 Å². The molecule has 1 aromatic rings. The third-order valence-corrected chi connectivity index (χ3v) is 3.14. The Kier molecular flexibility index (Phi) is 5.16. The minimum absolute atomic E-state index is 0.721. The van der Waals surface area contributed by atoms with Crippen molar-refractivity contribution in [1.82, 2.24) is 0 Å². The molecule has 86 valence electrons. The molecule has 0 aliphatic rings. The van der Waals surface area contributed by atoms with E-state index < -0.39 is 0 Å². The van der Waals surface area contributed by atoms with Gasteiger partial charge in [0.25, 0.3) is 0 Å². The van der Waals surface area contributed by atoms with Gasteiger partial charge in [0.1, 0.15) is 5.75 Å². The monoisotopic (exact) mass is 226 g/mol. The van der Waals surface area contributed by atoms with E-state index in [1.54, 1.807) is 0 Å². The minimum Gasteiger partial charge on any atom is -0.493 e. The van der Waals surface area contributed by atoms with Crippen LogP contribution >= 0.6 is 11.3 Å². The predicted molar refractivity (Wildman–Crippen MR) is 67.8 cm³/mol. The SMILES string of the molecule is CC(C)CCOc1csc(CC(C)C)c1. The second kappa shape index (κ2) is 6.16.